The average Bonchev–Trinajstić information content (AvgIpc) is 3.34. The summed E-state index contributed by atoms with van der Waals surface area (Å²) in [5.74, 6) is -0.336. The van der Waals surface area contributed by atoms with E-state index in [0.717, 1.165) is 6.07 Å². The molecule has 1 aromatic heterocycles. The van der Waals surface area contributed by atoms with Gasteiger partial charge in [0.25, 0.3) is 5.88 Å². The van der Waals surface area contributed by atoms with Gasteiger partial charge in [-0.15, -0.1) is 0 Å². The van der Waals surface area contributed by atoms with Crippen molar-refractivity contribution in [2.45, 2.75) is 18.8 Å². The number of benzene rings is 1. The van der Waals surface area contributed by atoms with Crippen LogP contribution in [-0.4, -0.2) is 18.1 Å². The van der Waals surface area contributed by atoms with E-state index >= 15 is 0 Å². The molecule has 21 heavy (non-hydrogen) atoms. The van der Waals surface area contributed by atoms with E-state index < -0.39 is 11.8 Å². The zero-order valence-electron chi connectivity index (χ0n) is 11.5. The Labute approximate surface area is 121 Å². The van der Waals surface area contributed by atoms with Crippen molar-refractivity contribution in [1.29, 1.82) is 0 Å². The van der Waals surface area contributed by atoms with Gasteiger partial charge in [-0.3, -0.25) is 0 Å². The molecular weight excluding hydrogens is 273 g/mol. The van der Waals surface area contributed by atoms with Crippen LogP contribution in [0.2, 0.25) is 0 Å². The summed E-state index contributed by atoms with van der Waals surface area (Å²) in [6.07, 6.45) is 3.68. The summed E-state index contributed by atoms with van der Waals surface area (Å²) < 4.78 is 23.8. The van der Waals surface area contributed by atoms with Gasteiger partial charge in [0.1, 0.15) is 5.75 Å². The smallest absolute Gasteiger partial charge is 0.339 e. The molecule has 0 saturated heterocycles. The summed E-state index contributed by atoms with van der Waals surface area (Å²) in [5, 5.41) is 0. The molecule has 1 heterocycles. The van der Waals surface area contributed by atoms with Crippen LogP contribution in [0.15, 0.2) is 36.5 Å². The lowest BCUT2D eigenvalue weighted by Crippen LogP contribution is -2.03. The van der Waals surface area contributed by atoms with Crippen LogP contribution in [0, 0.1) is 5.82 Å². The number of halogens is 1. The fourth-order valence-electron chi connectivity index (χ4n) is 2.07. The maximum Gasteiger partial charge on any atom is 0.339 e. The third-order valence-corrected chi connectivity index (χ3v) is 3.37. The molecule has 1 aromatic carbocycles. The molecule has 0 amide bonds. The highest BCUT2D eigenvalue weighted by atomic mass is 19.1. The lowest BCUT2D eigenvalue weighted by molar-refractivity contribution is 0.0599. The lowest BCUT2D eigenvalue weighted by Gasteiger charge is -2.07. The Balaban J connectivity index is 1.76. The minimum absolute atomic E-state index is 0.0476. The zero-order chi connectivity index (χ0) is 14.8. The molecular formula is C16H14FNO3. The average molecular weight is 287 g/mol. The number of carbonyl (C=O) groups excluding carboxylic acids is 1. The molecule has 0 unspecified atom stereocenters. The van der Waals surface area contributed by atoms with E-state index in [1.807, 2.05) is 12.1 Å². The summed E-state index contributed by atoms with van der Waals surface area (Å²) >= 11 is 0. The highest BCUT2D eigenvalue weighted by Crippen LogP contribution is 2.40. The van der Waals surface area contributed by atoms with Crippen molar-refractivity contribution in [1.82, 2.24) is 4.98 Å². The summed E-state index contributed by atoms with van der Waals surface area (Å²) in [5.41, 5.74) is 1.32. The van der Waals surface area contributed by atoms with Gasteiger partial charge in [0, 0.05) is 6.20 Å². The van der Waals surface area contributed by atoms with Crippen LogP contribution >= 0.6 is 0 Å². The third kappa shape index (κ3) is 3.02. The SMILES string of the molecule is COC(=O)c1cnc(Oc2ccc(C3CC3)cc2)c(F)c1. The van der Waals surface area contributed by atoms with E-state index in [9.17, 15) is 9.18 Å². The molecule has 0 spiro atoms. The summed E-state index contributed by atoms with van der Waals surface area (Å²) in [6, 6.07) is 8.60. The number of esters is 1. The van der Waals surface area contributed by atoms with Crippen LogP contribution in [-0.2, 0) is 4.74 Å². The molecule has 1 saturated carbocycles. The first-order valence-corrected chi connectivity index (χ1v) is 6.69. The summed E-state index contributed by atoms with van der Waals surface area (Å²) in [4.78, 5) is 15.1. The van der Waals surface area contributed by atoms with Crippen molar-refractivity contribution >= 4 is 5.97 Å². The maximum atomic E-state index is 13.9. The lowest BCUT2D eigenvalue weighted by atomic mass is 10.1. The number of hydrogen-bond donors (Lipinski definition) is 0. The van der Waals surface area contributed by atoms with Crippen molar-refractivity contribution < 1.29 is 18.7 Å². The molecule has 5 heteroatoms. The molecule has 1 aliphatic carbocycles. The Hall–Kier alpha value is -2.43. The second-order valence-corrected chi connectivity index (χ2v) is 4.95. The molecule has 0 bridgehead atoms. The highest BCUT2D eigenvalue weighted by molar-refractivity contribution is 5.88. The monoisotopic (exact) mass is 287 g/mol. The molecule has 4 nitrogen and oxygen atoms in total. The Kier molecular flexibility index (Phi) is 3.56. The first-order valence-electron chi connectivity index (χ1n) is 6.69. The van der Waals surface area contributed by atoms with Crippen molar-refractivity contribution in [2.75, 3.05) is 7.11 Å². The Bertz CT molecular complexity index is 666. The van der Waals surface area contributed by atoms with Gasteiger partial charge in [0.15, 0.2) is 5.82 Å². The first-order chi connectivity index (χ1) is 10.2. The van der Waals surface area contributed by atoms with Gasteiger partial charge in [0.05, 0.1) is 12.7 Å². The number of ether oxygens (including phenoxy) is 2. The normalized spacial score (nSPS) is 13.8. The molecule has 1 aliphatic rings. The largest absolute Gasteiger partial charge is 0.465 e. The molecule has 0 N–H and O–H groups in total. The number of methoxy groups -OCH3 is 1. The van der Waals surface area contributed by atoms with Gasteiger partial charge in [0.2, 0.25) is 0 Å². The van der Waals surface area contributed by atoms with Crippen molar-refractivity contribution in [2.24, 2.45) is 0 Å². The fourth-order valence-corrected chi connectivity index (χ4v) is 2.07. The number of rotatable bonds is 4. The number of aromatic nitrogens is 1. The number of pyridine rings is 1. The highest BCUT2D eigenvalue weighted by Gasteiger charge is 2.23. The molecule has 108 valence electrons. The van der Waals surface area contributed by atoms with Gasteiger partial charge >= 0.3 is 5.97 Å². The molecule has 1 fully saturated rings. The molecule has 0 radical (unpaired) electrons. The third-order valence-electron chi connectivity index (χ3n) is 3.37. The second-order valence-electron chi connectivity index (χ2n) is 4.95. The number of nitrogens with zero attached hydrogens (tertiary/aromatic N) is 1. The minimum Gasteiger partial charge on any atom is -0.465 e. The molecule has 0 atom stereocenters. The minimum atomic E-state index is -0.704. The zero-order valence-corrected chi connectivity index (χ0v) is 11.5. The molecule has 0 aliphatic heterocycles. The Morgan fingerprint density at radius 1 is 1.29 bits per heavy atom. The van der Waals surface area contributed by atoms with E-state index in [4.69, 9.17) is 4.74 Å². The number of carbonyl (C=O) groups is 1. The quantitative estimate of drug-likeness (QED) is 0.805. The van der Waals surface area contributed by atoms with Crippen LogP contribution < -0.4 is 4.74 Å². The van der Waals surface area contributed by atoms with E-state index in [-0.39, 0.29) is 11.4 Å². The van der Waals surface area contributed by atoms with Gasteiger partial charge in [-0.05, 0) is 42.5 Å². The Morgan fingerprint density at radius 2 is 2.00 bits per heavy atom. The van der Waals surface area contributed by atoms with Crippen LogP contribution in [0.25, 0.3) is 0 Å². The van der Waals surface area contributed by atoms with E-state index in [1.54, 1.807) is 12.1 Å². The van der Waals surface area contributed by atoms with Gasteiger partial charge in [-0.1, -0.05) is 12.1 Å². The van der Waals surface area contributed by atoms with Crippen molar-refractivity contribution in [3.63, 3.8) is 0 Å². The van der Waals surface area contributed by atoms with Crippen molar-refractivity contribution in [3.05, 3.63) is 53.5 Å². The van der Waals surface area contributed by atoms with Gasteiger partial charge in [-0.25, -0.2) is 14.2 Å². The van der Waals surface area contributed by atoms with E-state index in [0.29, 0.717) is 11.7 Å². The first kappa shape index (κ1) is 13.5. The predicted octanol–water partition coefficient (Wildman–Crippen LogP) is 3.68. The number of hydrogen-bond acceptors (Lipinski definition) is 4. The second kappa shape index (κ2) is 5.52. The molecule has 3 rings (SSSR count). The standard InChI is InChI=1S/C16H14FNO3/c1-20-16(19)12-8-14(17)15(18-9-12)21-13-6-4-11(5-7-13)10-2-3-10/h4-10H,2-3H2,1H3. The van der Waals surface area contributed by atoms with E-state index in [2.05, 4.69) is 9.72 Å². The van der Waals surface area contributed by atoms with Crippen LogP contribution in [0.4, 0.5) is 4.39 Å². The summed E-state index contributed by atoms with van der Waals surface area (Å²) in [6.45, 7) is 0. The topological polar surface area (TPSA) is 48.4 Å². The Morgan fingerprint density at radius 3 is 2.57 bits per heavy atom. The fraction of sp³-hybridized carbons (Fsp3) is 0.250. The summed E-state index contributed by atoms with van der Waals surface area (Å²) in [7, 11) is 1.23. The molecule has 2 aromatic rings. The van der Waals surface area contributed by atoms with Crippen LogP contribution in [0.3, 0.4) is 0 Å². The predicted molar refractivity (Wildman–Crippen MR) is 74.0 cm³/mol. The van der Waals surface area contributed by atoms with Gasteiger partial charge in [-0.2, -0.15) is 0 Å². The van der Waals surface area contributed by atoms with Crippen LogP contribution in [0.5, 0.6) is 11.6 Å². The van der Waals surface area contributed by atoms with Crippen LogP contribution in [0.1, 0.15) is 34.7 Å². The van der Waals surface area contributed by atoms with Crippen molar-refractivity contribution in [3.8, 4) is 11.6 Å². The van der Waals surface area contributed by atoms with E-state index in [1.165, 1.54) is 31.7 Å². The maximum absolute atomic E-state index is 13.9. The van der Waals surface area contributed by atoms with Gasteiger partial charge < -0.3 is 9.47 Å².